The minimum absolute atomic E-state index is 0.603. The van der Waals surface area contributed by atoms with Gasteiger partial charge in [-0.3, -0.25) is 0 Å². The summed E-state index contributed by atoms with van der Waals surface area (Å²) in [7, 11) is 0. The van der Waals surface area contributed by atoms with Crippen molar-refractivity contribution in [3.05, 3.63) is 19.1 Å². The molecule has 1 unspecified atom stereocenters. The van der Waals surface area contributed by atoms with Gasteiger partial charge in [0.1, 0.15) is 0 Å². The lowest BCUT2D eigenvalue weighted by Crippen LogP contribution is -1.83. The maximum atomic E-state index is 3.90. The molecule has 53 valence electrons. The van der Waals surface area contributed by atoms with Crippen molar-refractivity contribution in [2.24, 2.45) is 5.92 Å². The van der Waals surface area contributed by atoms with Crippen molar-refractivity contribution in [3.63, 3.8) is 0 Å². The van der Waals surface area contributed by atoms with Gasteiger partial charge in [-0.15, -0.1) is 0 Å². The van der Waals surface area contributed by atoms with Crippen LogP contribution in [0.1, 0.15) is 33.1 Å². The molecule has 0 nitrogen and oxygen atoms in total. The van der Waals surface area contributed by atoms with E-state index in [4.69, 9.17) is 0 Å². The Morgan fingerprint density at radius 1 is 1.44 bits per heavy atom. The van der Waals surface area contributed by atoms with Gasteiger partial charge in [0.05, 0.1) is 0 Å². The van der Waals surface area contributed by atoms with Crippen LogP contribution in [-0.2, 0) is 0 Å². The minimum atomic E-state index is 0.603. The highest BCUT2D eigenvalue weighted by Gasteiger charge is 1.88. The smallest absolute Gasteiger partial charge is 0.0348 e. The van der Waals surface area contributed by atoms with Crippen LogP contribution in [0.2, 0.25) is 0 Å². The molecule has 0 amide bonds. The van der Waals surface area contributed by atoms with Gasteiger partial charge >= 0.3 is 0 Å². The normalized spacial score (nSPS) is 11.6. The second-order valence-corrected chi connectivity index (χ2v) is 2.56. The topological polar surface area (TPSA) is 0 Å². The predicted molar refractivity (Wildman–Crippen MR) is 43.2 cm³/mol. The van der Waals surface area contributed by atoms with Gasteiger partial charge in [0, 0.05) is 0 Å². The third-order valence-electron chi connectivity index (χ3n) is 1.23. The molecule has 0 aromatic rings. The molecular weight excluding hydrogens is 108 g/mol. The Hall–Kier alpha value is -0.260. The predicted octanol–water partition coefficient (Wildman–Crippen LogP) is 3.20. The highest BCUT2D eigenvalue weighted by molar-refractivity contribution is 4.80. The molecule has 0 saturated heterocycles. The van der Waals surface area contributed by atoms with Crippen molar-refractivity contribution in [1.82, 2.24) is 0 Å². The van der Waals surface area contributed by atoms with Crippen LogP contribution in [0.4, 0.5) is 0 Å². The van der Waals surface area contributed by atoms with Crippen LogP contribution in [0, 0.1) is 12.8 Å². The zero-order valence-corrected chi connectivity index (χ0v) is 6.56. The molecule has 1 atom stereocenters. The van der Waals surface area contributed by atoms with Gasteiger partial charge in [0.2, 0.25) is 0 Å². The summed E-state index contributed by atoms with van der Waals surface area (Å²) in [5.74, 6) is 0.603. The van der Waals surface area contributed by atoms with Gasteiger partial charge in [-0.1, -0.05) is 32.9 Å². The molecule has 0 fully saturated rings. The highest BCUT2D eigenvalue weighted by Crippen LogP contribution is 2.03. The van der Waals surface area contributed by atoms with E-state index in [0.29, 0.717) is 5.92 Å². The molecule has 0 aliphatic rings. The molecule has 0 aromatic carbocycles. The fourth-order valence-electron chi connectivity index (χ4n) is 0.665. The van der Waals surface area contributed by atoms with E-state index in [-0.39, 0.29) is 0 Å². The quantitative estimate of drug-likeness (QED) is 0.506. The second kappa shape index (κ2) is 5.87. The number of hydrogen-bond donors (Lipinski definition) is 0. The van der Waals surface area contributed by atoms with Crippen molar-refractivity contribution in [1.29, 1.82) is 0 Å². The Balaban J connectivity index is 2.99. The first-order valence-electron chi connectivity index (χ1n) is 3.75. The molecule has 0 bridgehead atoms. The van der Waals surface area contributed by atoms with E-state index in [1.807, 2.05) is 0 Å². The average molecular weight is 125 g/mol. The van der Waals surface area contributed by atoms with Gasteiger partial charge in [-0.05, 0) is 25.2 Å². The van der Waals surface area contributed by atoms with E-state index >= 15 is 0 Å². The van der Waals surface area contributed by atoms with Crippen molar-refractivity contribution in [3.8, 4) is 0 Å². The SMILES string of the molecule is [CH2]C(C)CC/C=C/CC. The molecule has 0 N–H and O–H groups in total. The zero-order valence-electron chi connectivity index (χ0n) is 6.56. The summed E-state index contributed by atoms with van der Waals surface area (Å²) in [6.45, 7) is 8.21. The number of rotatable bonds is 4. The lowest BCUT2D eigenvalue weighted by Gasteiger charge is -1.97. The molecular formula is C9H17. The van der Waals surface area contributed by atoms with Gasteiger partial charge in [-0.2, -0.15) is 0 Å². The summed E-state index contributed by atoms with van der Waals surface area (Å²) in [5, 5.41) is 0. The maximum Gasteiger partial charge on any atom is -0.0348 e. The van der Waals surface area contributed by atoms with Crippen molar-refractivity contribution in [2.75, 3.05) is 0 Å². The summed E-state index contributed by atoms with van der Waals surface area (Å²) in [6, 6.07) is 0. The summed E-state index contributed by atoms with van der Waals surface area (Å²) in [6.07, 6.45) is 8.02. The Bertz CT molecular complexity index is 70.1. The van der Waals surface area contributed by atoms with E-state index in [1.165, 1.54) is 12.8 Å². The summed E-state index contributed by atoms with van der Waals surface area (Å²) in [5.41, 5.74) is 0. The van der Waals surface area contributed by atoms with Crippen LogP contribution < -0.4 is 0 Å². The van der Waals surface area contributed by atoms with E-state index in [0.717, 1.165) is 6.42 Å². The Morgan fingerprint density at radius 2 is 2.11 bits per heavy atom. The molecule has 0 aromatic heterocycles. The second-order valence-electron chi connectivity index (χ2n) is 2.56. The van der Waals surface area contributed by atoms with Gasteiger partial charge in [0.15, 0.2) is 0 Å². The van der Waals surface area contributed by atoms with Crippen molar-refractivity contribution >= 4 is 0 Å². The summed E-state index contributed by atoms with van der Waals surface area (Å²) >= 11 is 0. The van der Waals surface area contributed by atoms with Crippen LogP contribution in [0.5, 0.6) is 0 Å². The van der Waals surface area contributed by atoms with E-state index in [9.17, 15) is 0 Å². The summed E-state index contributed by atoms with van der Waals surface area (Å²) < 4.78 is 0. The van der Waals surface area contributed by atoms with Crippen LogP contribution in [0.15, 0.2) is 12.2 Å². The molecule has 0 aliphatic heterocycles. The van der Waals surface area contributed by atoms with E-state index in [1.54, 1.807) is 0 Å². The molecule has 0 heteroatoms. The third kappa shape index (κ3) is 7.74. The first kappa shape index (κ1) is 8.74. The molecule has 0 heterocycles. The number of hydrogen-bond acceptors (Lipinski definition) is 0. The summed E-state index contributed by atoms with van der Waals surface area (Å²) in [4.78, 5) is 0. The molecule has 0 spiro atoms. The molecule has 0 aliphatic carbocycles. The highest BCUT2D eigenvalue weighted by atomic mass is 13.9. The van der Waals surface area contributed by atoms with Gasteiger partial charge in [0.25, 0.3) is 0 Å². The largest absolute Gasteiger partial charge is 0.0888 e. The molecule has 9 heavy (non-hydrogen) atoms. The monoisotopic (exact) mass is 125 g/mol. The fraction of sp³-hybridized carbons (Fsp3) is 0.667. The number of allylic oxidation sites excluding steroid dienone is 2. The molecule has 0 saturated carbocycles. The standard InChI is InChI=1S/C9H17/c1-4-5-6-7-8-9(2)3/h5-6,9H,2,4,7-8H2,1,3H3/b6-5+. The fourth-order valence-corrected chi connectivity index (χ4v) is 0.665. The van der Waals surface area contributed by atoms with Gasteiger partial charge in [-0.25, -0.2) is 0 Å². The lowest BCUT2D eigenvalue weighted by molar-refractivity contribution is 0.653. The van der Waals surface area contributed by atoms with E-state index in [2.05, 4.69) is 32.9 Å². The lowest BCUT2D eigenvalue weighted by atomic mass is 10.1. The van der Waals surface area contributed by atoms with Gasteiger partial charge < -0.3 is 0 Å². The van der Waals surface area contributed by atoms with Crippen molar-refractivity contribution in [2.45, 2.75) is 33.1 Å². The molecule has 0 rings (SSSR count). The van der Waals surface area contributed by atoms with Crippen molar-refractivity contribution < 1.29 is 0 Å². The minimum Gasteiger partial charge on any atom is -0.0888 e. The maximum absolute atomic E-state index is 3.90. The average Bonchev–Trinajstić information content (AvgIpc) is 1.80. The zero-order chi connectivity index (χ0) is 7.11. The Labute approximate surface area is 59.0 Å². The Kier molecular flexibility index (Phi) is 5.70. The van der Waals surface area contributed by atoms with E-state index < -0.39 is 0 Å². The first-order chi connectivity index (χ1) is 4.27. The molecule has 1 radical (unpaired) electrons. The first-order valence-corrected chi connectivity index (χ1v) is 3.75. The third-order valence-corrected chi connectivity index (χ3v) is 1.23. The van der Waals surface area contributed by atoms with Crippen LogP contribution >= 0.6 is 0 Å². The van der Waals surface area contributed by atoms with Crippen LogP contribution in [-0.4, -0.2) is 0 Å². The Morgan fingerprint density at radius 3 is 2.56 bits per heavy atom. The van der Waals surface area contributed by atoms with Crippen LogP contribution in [0.3, 0.4) is 0 Å². The van der Waals surface area contributed by atoms with Crippen LogP contribution in [0.25, 0.3) is 0 Å².